The van der Waals surface area contributed by atoms with Gasteiger partial charge in [0.15, 0.2) is 17.3 Å². The zero-order valence-electron chi connectivity index (χ0n) is 19.8. The number of aryl methyl sites for hydroxylation is 1. The highest BCUT2D eigenvalue weighted by Crippen LogP contribution is 2.32. The van der Waals surface area contributed by atoms with Crippen molar-refractivity contribution >= 4 is 22.7 Å². The third-order valence-electron chi connectivity index (χ3n) is 6.60. The minimum atomic E-state index is -0.689. The fourth-order valence-electron chi connectivity index (χ4n) is 4.70. The van der Waals surface area contributed by atoms with Crippen molar-refractivity contribution in [2.75, 3.05) is 32.8 Å². The lowest BCUT2D eigenvalue weighted by molar-refractivity contribution is -0.142. The van der Waals surface area contributed by atoms with Crippen molar-refractivity contribution in [3.05, 3.63) is 78.1 Å². The number of hydrogen-bond donors (Lipinski definition) is 0. The Morgan fingerprint density at radius 1 is 0.889 bits per heavy atom. The summed E-state index contributed by atoms with van der Waals surface area (Å²) in [4.78, 5) is 35.0. The molecule has 4 aromatic rings. The van der Waals surface area contributed by atoms with Gasteiger partial charge in [-0.15, -0.1) is 0 Å². The van der Waals surface area contributed by atoms with Crippen LogP contribution in [0.2, 0.25) is 0 Å². The molecule has 0 saturated carbocycles. The molecule has 8 heteroatoms. The van der Waals surface area contributed by atoms with Crippen LogP contribution >= 0.6 is 0 Å². The van der Waals surface area contributed by atoms with Crippen molar-refractivity contribution in [2.24, 2.45) is 0 Å². The molecule has 0 N–H and O–H groups in total. The molecule has 4 heterocycles. The molecule has 6 rings (SSSR count). The zero-order chi connectivity index (χ0) is 24.6. The minimum Gasteiger partial charge on any atom is -0.485 e. The van der Waals surface area contributed by atoms with Crippen LogP contribution in [-0.2, 0) is 4.79 Å². The van der Waals surface area contributed by atoms with Gasteiger partial charge in [0.2, 0.25) is 6.10 Å². The maximum Gasteiger partial charge on any atom is 0.267 e. The van der Waals surface area contributed by atoms with Gasteiger partial charge in [0.25, 0.3) is 11.8 Å². The van der Waals surface area contributed by atoms with E-state index in [0.717, 1.165) is 16.7 Å². The summed E-state index contributed by atoms with van der Waals surface area (Å²) in [5, 5.41) is 0.791. The normalized spacial score (nSPS) is 17.3. The van der Waals surface area contributed by atoms with Gasteiger partial charge in [0, 0.05) is 31.6 Å². The Morgan fingerprint density at radius 2 is 1.61 bits per heavy atom. The van der Waals surface area contributed by atoms with Crippen LogP contribution in [0.3, 0.4) is 0 Å². The van der Waals surface area contributed by atoms with E-state index in [1.165, 1.54) is 0 Å². The fraction of sp³-hybridized carbons (Fsp3) is 0.250. The molecule has 2 aromatic heterocycles. The van der Waals surface area contributed by atoms with Crippen LogP contribution < -0.4 is 9.47 Å². The average Bonchev–Trinajstić information content (AvgIpc) is 3.37. The molecule has 2 aromatic carbocycles. The van der Waals surface area contributed by atoms with E-state index in [1.54, 1.807) is 21.9 Å². The molecule has 0 unspecified atom stereocenters. The molecule has 0 aliphatic carbocycles. The van der Waals surface area contributed by atoms with Crippen LogP contribution in [0.25, 0.3) is 22.4 Å². The predicted octanol–water partition coefficient (Wildman–Crippen LogP) is 3.93. The highest BCUT2D eigenvalue weighted by Gasteiger charge is 2.34. The van der Waals surface area contributed by atoms with Crippen molar-refractivity contribution in [3.63, 3.8) is 0 Å². The van der Waals surface area contributed by atoms with Crippen molar-refractivity contribution in [1.82, 2.24) is 14.8 Å². The molecule has 1 atom stereocenters. The quantitative estimate of drug-likeness (QED) is 0.439. The molecular weight excluding hydrogens is 458 g/mol. The number of pyridine rings is 1. The Labute approximate surface area is 208 Å². The SMILES string of the molecule is Cc1ccc(-c2cc(C(=O)N3CCN(C(=O)[C@@H]4COc5ccccc5O4)CC3)c3ccccc3n2)o1. The van der Waals surface area contributed by atoms with E-state index in [4.69, 9.17) is 18.9 Å². The second-order valence-electron chi connectivity index (χ2n) is 8.96. The zero-order valence-corrected chi connectivity index (χ0v) is 19.8. The minimum absolute atomic E-state index is 0.0867. The number of piperazine rings is 1. The molecule has 36 heavy (non-hydrogen) atoms. The highest BCUT2D eigenvalue weighted by molar-refractivity contribution is 6.07. The number of carbonyl (C=O) groups is 2. The van der Waals surface area contributed by atoms with Gasteiger partial charge in [-0.1, -0.05) is 30.3 Å². The molecule has 2 aliphatic heterocycles. The van der Waals surface area contributed by atoms with Gasteiger partial charge in [0.1, 0.15) is 18.1 Å². The molecule has 0 radical (unpaired) electrons. The molecular formula is C28H25N3O5. The summed E-state index contributed by atoms with van der Waals surface area (Å²) < 4.78 is 17.4. The molecule has 2 amide bonds. The maximum atomic E-state index is 13.6. The number of para-hydroxylation sites is 3. The van der Waals surface area contributed by atoms with Crippen LogP contribution in [0.4, 0.5) is 0 Å². The maximum absolute atomic E-state index is 13.6. The smallest absolute Gasteiger partial charge is 0.267 e. The number of aromatic nitrogens is 1. The number of carbonyl (C=O) groups excluding carboxylic acids is 2. The van der Waals surface area contributed by atoms with Gasteiger partial charge in [-0.3, -0.25) is 9.59 Å². The van der Waals surface area contributed by atoms with Gasteiger partial charge in [0.05, 0.1) is 11.1 Å². The highest BCUT2D eigenvalue weighted by atomic mass is 16.6. The Kier molecular flexibility index (Phi) is 5.56. The first-order chi connectivity index (χ1) is 17.6. The molecule has 1 fully saturated rings. The summed E-state index contributed by atoms with van der Waals surface area (Å²) >= 11 is 0. The fourth-order valence-corrected chi connectivity index (χ4v) is 4.70. The molecule has 0 bridgehead atoms. The molecule has 2 aliphatic rings. The number of amides is 2. The molecule has 182 valence electrons. The first-order valence-corrected chi connectivity index (χ1v) is 12.0. The summed E-state index contributed by atoms with van der Waals surface area (Å²) in [6.07, 6.45) is -0.689. The summed E-state index contributed by atoms with van der Waals surface area (Å²) in [5.41, 5.74) is 1.93. The Balaban J connectivity index is 1.18. The van der Waals surface area contributed by atoms with E-state index in [2.05, 4.69) is 0 Å². The monoisotopic (exact) mass is 483 g/mol. The van der Waals surface area contributed by atoms with Crippen molar-refractivity contribution in [1.29, 1.82) is 0 Å². The summed E-state index contributed by atoms with van der Waals surface area (Å²) in [6.45, 7) is 3.77. The standard InChI is InChI=1S/C28H25N3O5/c1-18-10-11-23(35-18)22-16-20(19-6-2-3-7-21(19)29-22)27(32)30-12-14-31(15-13-30)28(33)26-17-34-24-8-4-5-9-25(24)36-26/h2-11,16,26H,12-15,17H2,1H3/t26-/m0/s1. The number of rotatable bonds is 3. The van der Waals surface area contributed by atoms with Gasteiger partial charge in [-0.25, -0.2) is 4.98 Å². The second kappa shape index (κ2) is 9.03. The molecule has 1 saturated heterocycles. The second-order valence-corrected chi connectivity index (χ2v) is 8.96. The average molecular weight is 484 g/mol. The summed E-state index contributed by atoms with van der Waals surface area (Å²) in [6, 6.07) is 20.5. The van der Waals surface area contributed by atoms with E-state index in [0.29, 0.717) is 54.7 Å². The van der Waals surface area contributed by atoms with E-state index < -0.39 is 6.10 Å². The van der Waals surface area contributed by atoms with Gasteiger partial charge >= 0.3 is 0 Å². The number of furan rings is 1. The number of benzene rings is 2. The lowest BCUT2D eigenvalue weighted by Gasteiger charge is -2.37. The van der Waals surface area contributed by atoms with Crippen molar-refractivity contribution in [3.8, 4) is 23.0 Å². The van der Waals surface area contributed by atoms with E-state index in [9.17, 15) is 9.59 Å². The van der Waals surface area contributed by atoms with Crippen LogP contribution in [0.1, 0.15) is 16.1 Å². The van der Waals surface area contributed by atoms with Crippen LogP contribution in [-0.4, -0.2) is 65.5 Å². The van der Waals surface area contributed by atoms with Crippen LogP contribution in [0.15, 0.2) is 71.1 Å². The van der Waals surface area contributed by atoms with Crippen LogP contribution in [0, 0.1) is 6.92 Å². The Hall–Kier alpha value is -4.33. The van der Waals surface area contributed by atoms with Gasteiger partial charge in [-0.05, 0) is 43.3 Å². The van der Waals surface area contributed by atoms with Crippen LogP contribution in [0.5, 0.6) is 11.5 Å². The Morgan fingerprint density at radius 3 is 2.39 bits per heavy atom. The summed E-state index contributed by atoms with van der Waals surface area (Å²) in [7, 11) is 0. The topological polar surface area (TPSA) is 85.1 Å². The number of ether oxygens (including phenoxy) is 2. The Bertz CT molecular complexity index is 1450. The molecule has 8 nitrogen and oxygen atoms in total. The van der Waals surface area contributed by atoms with E-state index in [-0.39, 0.29) is 18.4 Å². The van der Waals surface area contributed by atoms with E-state index >= 15 is 0 Å². The van der Waals surface area contributed by atoms with Gasteiger partial charge in [-0.2, -0.15) is 0 Å². The lowest BCUT2D eigenvalue weighted by Crippen LogP contribution is -2.55. The van der Waals surface area contributed by atoms with Crippen molar-refractivity contribution < 1.29 is 23.5 Å². The third kappa shape index (κ3) is 4.04. The number of nitrogens with zero attached hydrogens (tertiary/aromatic N) is 3. The largest absolute Gasteiger partial charge is 0.485 e. The summed E-state index contributed by atoms with van der Waals surface area (Å²) in [5.74, 6) is 2.41. The lowest BCUT2D eigenvalue weighted by atomic mass is 10.0. The van der Waals surface area contributed by atoms with E-state index in [1.807, 2.05) is 61.5 Å². The van der Waals surface area contributed by atoms with Gasteiger partial charge < -0.3 is 23.7 Å². The number of hydrogen-bond acceptors (Lipinski definition) is 6. The number of fused-ring (bicyclic) bond motifs is 2. The predicted molar refractivity (Wildman–Crippen MR) is 133 cm³/mol. The first kappa shape index (κ1) is 22.2. The third-order valence-corrected chi connectivity index (χ3v) is 6.60. The molecule has 0 spiro atoms. The van der Waals surface area contributed by atoms with Crippen molar-refractivity contribution in [2.45, 2.75) is 13.0 Å². The first-order valence-electron chi connectivity index (χ1n) is 12.0.